The Morgan fingerprint density at radius 1 is 0.800 bits per heavy atom. The zero-order valence-electron chi connectivity index (χ0n) is 11.8. The normalized spacial score (nSPS) is 15.8. The summed E-state index contributed by atoms with van der Waals surface area (Å²) in [5.74, 6) is 0. The van der Waals surface area contributed by atoms with Crippen molar-refractivity contribution in [3.63, 3.8) is 0 Å². The van der Waals surface area contributed by atoms with Crippen LogP contribution in [0.3, 0.4) is 0 Å². The second-order valence-electron chi connectivity index (χ2n) is 5.01. The Hall–Kier alpha value is -1.73. The predicted octanol–water partition coefficient (Wildman–Crippen LogP) is 5.27. The lowest BCUT2D eigenvalue weighted by atomic mass is 10.2. The molecule has 0 heterocycles. The van der Waals surface area contributed by atoms with Crippen LogP contribution in [0.25, 0.3) is 0 Å². The number of benzene rings is 2. The summed E-state index contributed by atoms with van der Waals surface area (Å²) in [5, 5.41) is 0. The standard InChI is InChI=1S/C19H19S/c1-16-12-14-19(15-13-16)20(17-8-4-2-5-9-17)18-10-6-3-7-11-18/h2-6,8-9,11-15H,7,10H2,1H3/q+1. The van der Waals surface area contributed by atoms with Crippen LogP contribution in [0.1, 0.15) is 18.4 Å². The third-order valence-corrected chi connectivity index (χ3v) is 5.81. The van der Waals surface area contributed by atoms with Gasteiger partial charge in [0.05, 0.1) is 10.9 Å². The number of hydrogen-bond acceptors (Lipinski definition) is 0. The van der Waals surface area contributed by atoms with Crippen LogP contribution in [0.15, 0.2) is 87.5 Å². The third-order valence-electron chi connectivity index (χ3n) is 3.47. The van der Waals surface area contributed by atoms with Crippen LogP contribution < -0.4 is 0 Å². The number of aryl methyl sites for hydroxylation is 1. The van der Waals surface area contributed by atoms with Gasteiger partial charge in [-0.05, 0) is 43.7 Å². The Balaban J connectivity index is 2.03. The topological polar surface area (TPSA) is 0 Å². The van der Waals surface area contributed by atoms with Crippen LogP contribution in [0.4, 0.5) is 0 Å². The van der Waals surface area contributed by atoms with E-state index >= 15 is 0 Å². The largest absolute Gasteiger partial charge is 0.166 e. The lowest BCUT2D eigenvalue weighted by Crippen LogP contribution is -2.08. The Bertz CT molecular complexity index is 621. The molecule has 0 bridgehead atoms. The molecular formula is C19H19S+. The van der Waals surface area contributed by atoms with E-state index in [0.717, 1.165) is 12.8 Å². The quantitative estimate of drug-likeness (QED) is 0.530. The van der Waals surface area contributed by atoms with Crippen molar-refractivity contribution in [3.8, 4) is 0 Å². The summed E-state index contributed by atoms with van der Waals surface area (Å²) in [5.41, 5.74) is 1.32. The zero-order chi connectivity index (χ0) is 13.8. The summed E-state index contributed by atoms with van der Waals surface area (Å²) < 4.78 is 0. The fourth-order valence-electron chi connectivity index (χ4n) is 2.41. The smallest absolute Gasteiger partial charge is 0.0841 e. The minimum atomic E-state index is 0.0639. The van der Waals surface area contributed by atoms with Gasteiger partial charge in [-0.1, -0.05) is 48.0 Å². The highest BCUT2D eigenvalue weighted by Crippen LogP contribution is 2.33. The highest BCUT2D eigenvalue weighted by atomic mass is 32.2. The van der Waals surface area contributed by atoms with E-state index in [1.807, 2.05) is 0 Å². The zero-order valence-corrected chi connectivity index (χ0v) is 12.6. The van der Waals surface area contributed by atoms with Crippen LogP contribution in [0.2, 0.25) is 0 Å². The van der Waals surface area contributed by atoms with Crippen molar-refractivity contribution in [2.75, 3.05) is 0 Å². The third kappa shape index (κ3) is 2.88. The molecule has 0 saturated carbocycles. The van der Waals surface area contributed by atoms with Crippen LogP contribution in [0, 0.1) is 6.92 Å². The minimum absolute atomic E-state index is 0.0639. The van der Waals surface area contributed by atoms with Gasteiger partial charge >= 0.3 is 0 Å². The van der Waals surface area contributed by atoms with Crippen molar-refractivity contribution in [1.29, 1.82) is 0 Å². The van der Waals surface area contributed by atoms with E-state index < -0.39 is 0 Å². The average molecular weight is 279 g/mol. The maximum atomic E-state index is 2.40. The maximum absolute atomic E-state index is 2.40. The van der Waals surface area contributed by atoms with Gasteiger partial charge in [-0.15, -0.1) is 0 Å². The molecule has 0 N–H and O–H groups in total. The molecular weight excluding hydrogens is 260 g/mol. The lowest BCUT2D eigenvalue weighted by molar-refractivity contribution is 1.19. The Labute approximate surface area is 124 Å². The Morgan fingerprint density at radius 2 is 1.50 bits per heavy atom. The number of rotatable bonds is 3. The van der Waals surface area contributed by atoms with Crippen molar-refractivity contribution in [2.24, 2.45) is 0 Å². The van der Waals surface area contributed by atoms with E-state index in [1.165, 1.54) is 15.4 Å². The fourth-order valence-corrected chi connectivity index (χ4v) is 4.66. The van der Waals surface area contributed by atoms with Gasteiger partial charge in [0.25, 0.3) is 0 Å². The molecule has 0 fully saturated rings. The van der Waals surface area contributed by atoms with Crippen LogP contribution in [-0.4, -0.2) is 0 Å². The molecule has 100 valence electrons. The molecule has 0 radical (unpaired) electrons. The van der Waals surface area contributed by atoms with Crippen molar-refractivity contribution in [3.05, 3.63) is 83.3 Å². The van der Waals surface area contributed by atoms with Crippen molar-refractivity contribution in [1.82, 2.24) is 0 Å². The Morgan fingerprint density at radius 3 is 2.15 bits per heavy atom. The van der Waals surface area contributed by atoms with Gasteiger partial charge in [0.15, 0.2) is 9.79 Å². The molecule has 0 nitrogen and oxygen atoms in total. The highest BCUT2D eigenvalue weighted by Gasteiger charge is 2.30. The van der Waals surface area contributed by atoms with Gasteiger partial charge < -0.3 is 0 Å². The fraction of sp³-hybridized carbons (Fsp3) is 0.158. The minimum Gasteiger partial charge on any atom is -0.0841 e. The van der Waals surface area contributed by atoms with E-state index in [4.69, 9.17) is 0 Å². The molecule has 20 heavy (non-hydrogen) atoms. The molecule has 2 aromatic rings. The molecule has 0 aromatic heterocycles. The van der Waals surface area contributed by atoms with Crippen molar-refractivity contribution in [2.45, 2.75) is 29.6 Å². The van der Waals surface area contributed by atoms with E-state index in [-0.39, 0.29) is 10.9 Å². The van der Waals surface area contributed by atoms with E-state index in [9.17, 15) is 0 Å². The first-order valence-electron chi connectivity index (χ1n) is 7.04. The second-order valence-corrected chi connectivity index (χ2v) is 7.09. The van der Waals surface area contributed by atoms with Gasteiger partial charge in [-0.3, -0.25) is 0 Å². The van der Waals surface area contributed by atoms with Gasteiger partial charge in [0, 0.05) is 6.42 Å². The summed E-state index contributed by atoms with van der Waals surface area (Å²) in [7, 11) is 0.0639. The molecule has 0 spiro atoms. The van der Waals surface area contributed by atoms with Crippen LogP contribution >= 0.6 is 0 Å². The van der Waals surface area contributed by atoms with Gasteiger partial charge in [-0.2, -0.15) is 0 Å². The summed E-state index contributed by atoms with van der Waals surface area (Å²) >= 11 is 0. The Kier molecular flexibility index (Phi) is 4.08. The molecule has 1 unspecified atom stereocenters. The second kappa shape index (κ2) is 6.15. The SMILES string of the molecule is Cc1ccc([S+](C2=CCC=CC2)c2ccccc2)cc1. The van der Waals surface area contributed by atoms with Gasteiger partial charge in [0.1, 0.15) is 4.91 Å². The molecule has 0 amide bonds. The summed E-state index contributed by atoms with van der Waals surface area (Å²) in [6.07, 6.45) is 9.09. The summed E-state index contributed by atoms with van der Waals surface area (Å²) in [6.45, 7) is 2.15. The van der Waals surface area contributed by atoms with E-state index in [2.05, 4.69) is 79.7 Å². The van der Waals surface area contributed by atoms with Crippen molar-refractivity contribution >= 4 is 10.9 Å². The van der Waals surface area contributed by atoms with Crippen molar-refractivity contribution < 1.29 is 0 Å². The molecule has 2 aromatic carbocycles. The highest BCUT2D eigenvalue weighted by molar-refractivity contribution is 8.00. The monoisotopic (exact) mass is 279 g/mol. The van der Waals surface area contributed by atoms with Crippen LogP contribution in [0.5, 0.6) is 0 Å². The molecule has 3 rings (SSSR count). The summed E-state index contributed by atoms with van der Waals surface area (Å²) in [4.78, 5) is 4.38. The first kappa shape index (κ1) is 13.3. The molecule has 1 heteroatoms. The molecule has 0 saturated heterocycles. The lowest BCUT2D eigenvalue weighted by Gasteiger charge is -2.12. The first-order chi connectivity index (χ1) is 9.84. The number of hydrogen-bond donors (Lipinski definition) is 0. The average Bonchev–Trinajstić information content (AvgIpc) is 2.52. The molecule has 1 atom stereocenters. The number of allylic oxidation sites excluding steroid dienone is 4. The maximum Gasteiger partial charge on any atom is 0.166 e. The van der Waals surface area contributed by atoms with Crippen LogP contribution in [-0.2, 0) is 10.9 Å². The predicted molar refractivity (Wildman–Crippen MR) is 88.0 cm³/mol. The molecule has 0 aliphatic heterocycles. The van der Waals surface area contributed by atoms with Gasteiger partial charge in [-0.25, -0.2) is 0 Å². The van der Waals surface area contributed by atoms with E-state index in [1.54, 1.807) is 4.91 Å². The first-order valence-corrected chi connectivity index (χ1v) is 8.27. The summed E-state index contributed by atoms with van der Waals surface area (Å²) in [6, 6.07) is 19.9. The molecule has 1 aliphatic rings. The van der Waals surface area contributed by atoms with E-state index in [0.29, 0.717) is 0 Å². The molecule has 1 aliphatic carbocycles. The van der Waals surface area contributed by atoms with Gasteiger partial charge in [0.2, 0.25) is 0 Å².